The molecule has 0 saturated carbocycles. The van der Waals surface area contributed by atoms with Crippen LogP contribution in [0.1, 0.15) is 62.8 Å². The minimum Gasteiger partial charge on any atom is -0.411 e. The van der Waals surface area contributed by atoms with Crippen molar-refractivity contribution in [3.63, 3.8) is 0 Å². The van der Waals surface area contributed by atoms with Crippen molar-refractivity contribution in [1.82, 2.24) is 0 Å². The Morgan fingerprint density at radius 3 is 1.94 bits per heavy atom. The highest BCUT2D eigenvalue weighted by Crippen LogP contribution is 2.51. The lowest BCUT2D eigenvalue weighted by Gasteiger charge is -2.42. The molecule has 3 nitrogen and oxygen atoms in total. The average Bonchev–Trinajstić information content (AvgIpc) is 2.64. The molecule has 0 atom stereocenters. The van der Waals surface area contributed by atoms with Crippen LogP contribution in [0.3, 0.4) is 0 Å². The second-order valence-electron chi connectivity index (χ2n) is 9.26. The van der Waals surface area contributed by atoms with E-state index in [1.807, 2.05) is 27.7 Å². The molecule has 2 aromatic carbocycles. The standard InChI is InChI=1S/C23H23F6NO2/c1-20(2)7-8-21(3,4)18-11-16(22(24,25)26)14(10-17(18)20)15-9-13(12-30-31)5-6-19(15)32-23(27,28)29/h5-6,9-12,31H,7-8H2,1-4H3. The van der Waals surface area contributed by atoms with Gasteiger partial charge in [-0.1, -0.05) is 32.9 Å². The van der Waals surface area contributed by atoms with Gasteiger partial charge in [-0.2, -0.15) is 13.2 Å². The molecule has 0 heterocycles. The van der Waals surface area contributed by atoms with E-state index in [1.54, 1.807) is 0 Å². The minimum absolute atomic E-state index is 0.113. The molecule has 1 aliphatic carbocycles. The molecular weight excluding hydrogens is 436 g/mol. The average molecular weight is 459 g/mol. The summed E-state index contributed by atoms with van der Waals surface area (Å²) in [6, 6.07) is 5.53. The number of fused-ring (bicyclic) bond motifs is 1. The predicted octanol–water partition coefficient (Wildman–Crippen LogP) is 7.43. The molecule has 0 saturated heterocycles. The lowest BCUT2D eigenvalue weighted by atomic mass is 9.62. The Morgan fingerprint density at radius 2 is 1.44 bits per heavy atom. The van der Waals surface area contributed by atoms with Crippen LogP contribution in [0, 0.1) is 0 Å². The highest BCUT2D eigenvalue weighted by Gasteiger charge is 2.42. The largest absolute Gasteiger partial charge is 0.573 e. The molecule has 174 valence electrons. The van der Waals surface area contributed by atoms with E-state index < -0.39 is 45.8 Å². The van der Waals surface area contributed by atoms with E-state index in [1.165, 1.54) is 6.07 Å². The molecule has 2 aromatic rings. The predicted molar refractivity (Wildman–Crippen MR) is 108 cm³/mol. The number of hydrogen-bond donors (Lipinski definition) is 1. The van der Waals surface area contributed by atoms with Gasteiger partial charge in [-0.25, -0.2) is 0 Å². The van der Waals surface area contributed by atoms with Crippen LogP contribution in [0.4, 0.5) is 26.3 Å². The molecule has 0 amide bonds. The van der Waals surface area contributed by atoms with Crippen LogP contribution in [0.15, 0.2) is 35.5 Å². The van der Waals surface area contributed by atoms with E-state index in [4.69, 9.17) is 5.21 Å². The van der Waals surface area contributed by atoms with E-state index in [0.717, 1.165) is 30.5 Å². The summed E-state index contributed by atoms with van der Waals surface area (Å²) in [5.41, 5.74) is -1.58. The Labute approximate surface area is 181 Å². The third-order valence-electron chi connectivity index (χ3n) is 6.02. The molecule has 9 heteroatoms. The highest BCUT2D eigenvalue weighted by molar-refractivity contribution is 5.85. The number of alkyl halides is 6. The fraction of sp³-hybridized carbons (Fsp3) is 0.435. The van der Waals surface area contributed by atoms with Crippen LogP contribution in [0.5, 0.6) is 5.75 Å². The summed E-state index contributed by atoms with van der Waals surface area (Å²) in [5.74, 6) is -0.772. The molecule has 0 spiro atoms. The van der Waals surface area contributed by atoms with Crippen molar-refractivity contribution in [3.8, 4) is 16.9 Å². The number of benzene rings is 2. The van der Waals surface area contributed by atoms with E-state index in [-0.39, 0.29) is 5.56 Å². The first kappa shape index (κ1) is 23.9. The number of ether oxygens (including phenoxy) is 1. The van der Waals surface area contributed by atoms with Crippen molar-refractivity contribution >= 4 is 6.21 Å². The van der Waals surface area contributed by atoms with Crippen molar-refractivity contribution in [2.45, 2.75) is 63.9 Å². The summed E-state index contributed by atoms with van der Waals surface area (Å²) in [6.45, 7) is 7.52. The van der Waals surface area contributed by atoms with Gasteiger partial charge in [0.2, 0.25) is 0 Å². The molecule has 1 aliphatic rings. The molecule has 0 unspecified atom stereocenters. The van der Waals surface area contributed by atoms with Crippen LogP contribution in [0.2, 0.25) is 0 Å². The number of halogens is 6. The fourth-order valence-electron chi connectivity index (χ4n) is 4.19. The first-order valence-electron chi connectivity index (χ1n) is 9.89. The van der Waals surface area contributed by atoms with Crippen LogP contribution in [-0.2, 0) is 17.0 Å². The molecule has 0 radical (unpaired) electrons. The number of hydrogen-bond acceptors (Lipinski definition) is 3. The summed E-state index contributed by atoms with van der Waals surface area (Å²) in [5, 5.41) is 11.6. The van der Waals surface area contributed by atoms with Gasteiger partial charge in [0.05, 0.1) is 11.8 Å². The topological polar surface area (TPSA) is 41.8 Å². The number of nitrogens with zero attached hydrogens (tertiary/aromatic N) is 1. The first-order valence-corrected chi connectivity index (χ1v) is 9.89. The van der Waals surface area contributed by atoms with E-state index in [2.05, 4.69) is 9.89 Å². The molecular formula is C23H23F6NO2. The number of oxime groups is 1. The van der Waals surface area contributed by atoms with Gasteiger partial charge in [-0.15, -0.1) is 13.2 Å². The van der Waals surface area contributed by atoms with Crippen LogP contribution < -0.4 is 4.74 Å². The maximum atomic E-state index is 14.1. The molecule has 0 bridgehead atoms. The van der Waals surface area contributed by atoms with Crippen LogP contribution in [0.25, 0.3) is 11.1 Å². The summed E-state index contributed by atoms with van der Waals surface area (Å²) < 4.78 is 85.5. The van der Waals surface area contributed by atoms with E-state index in [9.17, 15) is 26.3 Å². The quantitative estimate of drug-likeness (QED) is 0.224. The third-order valence-corrected chi connectivity index (χ3v) is 6.02. The van der Waals surface area contributed by atoms with Crippen molar-refractivity contribution in [1.29, 1.82) is 0 Å². The van der Waals surface area contributed by atoms with Gasteiger partial charge >= 0.3 is 12.5 Å². The van der Waals surface area contributed by atoms with E-state index in [0.29, 0.717) is 24.0 Å². The maximum Gasteiger partial charge on any atom is 0.573 e. The van der Waals surface area contributed by atoms with Gasteiger partial charge in [-0.3, -0.25) is 0 Å². The lowest BCUT2D eigenvalue weighted by Crippen LogP contribution is -2.34. The molecule has 0 aliphatic heterocycles. The summed E-state index contributed by atoms with van der Waals surface area (Å²) >= 11 is 0. The zero-order chi connectivity index (χ0) is 24.1. The van der Waals surface area contributed by atoms with Crippen LogP contribution >= 0.6 is 0 Å². The highest BCUT2D eigenvalue weighted by atomic mass is 19.4. The molecule has 1 N–H and O–H groups in total. The summed E-state index contributed by atoms with van der Waals surface area (Å²) in [4.78, 5) is 0. The smallest absolute Gasteiger partial charge is 0.411 e. The molecule has 3 rings (SSSR count). The van der Waals surface area contributed by atoms with E-state index >= 15 is 0 Å². The first-order chi connectivity index (χ1) is 14.5. The monoisotopic (exact) mass is 459 g/mol. The molecule has 0 fully saturated rings. The SMILES string of the molecule is CC1(C)CCC(C)(C)c2cc(C(F)(F)F)c(-c3cc(C=NO)ccc3OC(F)(F)F)cc21. The maximum absolute atomic E-state index is 14.1. The normalized spacial score (nSPS) is 17.9. The zero-order valence-corrected chi connectivity index (χ0v) is 17.9. The third kappa shape index (κ3) is 4.71. The second kappa shape index (κ2) is 7.71. The lowest BCUT2D eigenvalue weighted by molar-refractivity contribution is -0.274. The van der Waals surface area contributed by atoms with Gasteiger partial charge in [0, 0.05) is 5.56 Å². The van der Waals surface area contributed by atoms with Gasteiger partial charge in [0.25, 0.3) is 0 Å². The van der Waals surface area contributed by atoms with Gasteiger partial charge in [0.15, 0.2) is 0 Å². The molecule has 32 heavy (non-hydrogen) atoms. The van der Waals surface area contributed by atoms with Crippen molar-refractivity contribution in [2.75, 3.05) is 0 Å². The van der Waals surface area contributed by atoms with Crippen molar-refractivity contribution < 1.29 is 36.3 Å². The summed E-state index contributed by atoms with van der Waals surface area (Å²) in [7, 11) is 0. The van der Waals surface area contributed by atoms with Gasteiger partial charge in [-0.05, 0) is 76.3 Å². The fourth-order valence-corrected chi connectivity index (χ4v) is 4.19. The second-order valence-corrected chi connectivity index (χ2v) is 9.26. The van der Waals surface area contributed by atoms with Crippen LogP contribution in [-0.4, -0.2) is 17.8 Å². The zero-order valence-electron chi connectivity index (χ0n) is 17.9. The van der Waals surface area contributed by atoms with Crippen molar-refractivity contribution in [2.24, 2.45) is 5.16 Å². The Bertz CT molecular complexity index is 1050. The molecule has 0 aromatic heterocycles. The summed E-state index contributed by atoms with van der Waals surface area (Å²) in [6.07, 6.45) is -7.62. The Balaban J connectivity index is 2.40. The van der Waals surface area contributed by atoms with Gasteiger partial charge < -0.3 is 9.94 Å². The Kier molecular flexibility index (Phi) is 5.77. The van der Waals surface area contributed by atoms with Gasteiger partial charge in [0.1, 0.15) is 5.75 Å². The Morgan fingerprint density at radius 1 is 0.875 bits per heavy atom. The minimum atomic E-state index is -5.10. The number of rotatable bonds is 3. The Hall–Kier alpha value is -2.71. The van der Waals surface area contributed by atoms with Crippen molar-refractivity contribution in [3.05, 3.63) is 52.6 Å².